The first-order valence-electron chi connectivity index (χ1n) is 9.10. The van der Waals surface area contributed by atoms with E-state index in [1.54, 1.807) is 6.07 Å². The Morgan fingerprint density at radius 2 is 1.89 bits per heavy atom. The topological polar surface area (TPSA) is 27.7 Å². The molecule has 4 rings (SSSR count). The van der Waals surface area contributed by atoms with Gasteiger partial charge in [-0.15, -0.1) is 0 Å². The van der Waals surface area contributed by atoms with Gasteiger partial charge in [-0.3, -0.25) is 0 Å². The number of anilines is 1. The molecule has 0 aromatic heterocycles. The molecular formula is C19H23F3N3OP. The molecule has 0 amide bonds. The van der Waals surface area contributed by atoms with Gasteiger partial charge < -0.3 is 19.9 Å². The van der Waals surface area contributed by atoms with Crippen LogP contribution in [0.25, 0.3) is 0 Å². The number of fused-ring (bicyclic) bond motifs is 1. The molecule has 27 heavy (non-hydrogen) atoms. The van der Waals surface area contributed by atoms with Crippen LogP contribution in [0.5, 0.6) is 5.75 Å². The number of halogens is 3. The van der Waals surface area contributed by atoms with E-state index in [0.717, 1.165) is 50.5 Å². The maximum absolute atomic E-state index is 14.1. The minimum Gasteiger partial charge on any atom is -0.449 e. The first-order valence-corrected chi connectivity index (χ1v) is 9.68. The van der Waals surface area contributed by atoms with Gasteiger partial charge in [0, 0.05) is 55.9 Å². The summed E-state index contributed by atoms with van der Waals surface area (Å²) in [6, 6.07) is 4.37. The van der Waals surface area contributed by atoms with Crippen LogP contribution in [0.15, 0.2) is 41.7 Å². The number of nitrogens with one attached hydrogen (secondary N) is 1. The molecule has 0 aliphatic carbocycles. The maximum atomic E-state index is 14.1. The third-order valence-corrected chi connectivity index (χ3v) is 5.75. The molecule has 0 saturated carbocycles. The monoisotopic (exact) mass is 397 g/mol. The highest BCUT2D eigenvalue weighted by atomic mass is 31.0. The van der Waals surface area contributed by atoms with Crippen molar-refractivity contribution in [2.45, 2.75) is 24.9 Å². The van der Waals surface area contributed by atoms with E-state index in [1.807, 2.05) is 6.92 Å². The molecule has 0 spiro atoms. The lowest BCUT2D eigenvalue weighted by Gasteiger charge is -2.30. The third-order valence-electron chi connectivity index (χ3n) is 5.27. The standard InChI is InChI=1S/C19H23F3N3OP/c1-13-11-14(24-9-6-23-7-10-24)3-2-8-25(13)15-4-5-16-17(12-15)26-19(22,27)18(16,20)21/h3-5,11-12,23H,2,6-10,27H2,1H3. The fourth-order valence-electron chi connectivity index (χ4n) is 3.78. The van der Waals surface area contributed by atoms with Crippen molar-refractivity contribution in [2.24, 2.45) is 0 Å². The van der Waals surface area contributed by atoms with Crippen LogP contribution in [0.4, 0.5) is 18.9 Å². The molecule has 3 heterocycles. The number of benzene rings is 1. The van der Waals surface area contributed by atoms with Crippen molar-refractivity contribution in [3.63, 3.8) is 0 Å². The smallest absolute Gasteiger partial charge is 0.348 e. The normalized spacial score (nSPS) is 27.4. The predicted molar refractivity (Wildman–Crippen MR) is 103 cm³/mol. The van der Waals surface area contributed by atoms with Crippen molar-refractivity contribution in [1.82, 2.24) is 10.2 Å². The maximum Gasteiger partial charge on any atom is 0.348 e. The van der Waals surface area contributed by atoms with E-state index in [4.69, 9.17) is 4.74 Å². The van der Waals surface area contributed by atoms with Gasteiger partial charge in [0.1, 0.15) is 5.75 Å². The van der Waals surface area contributed by atoms with Crippen LogP contribution < -0.4 is 15.0 Å². The molecule has 1 N–H and O–H groups in total. The third kappa shape index (κ3) is 3.21. The lowest BCUT2D eigenvalue weighted by Crippen LogP contribution is -2.42. The summed E-state index contributed by atoms with van der Waals surface area (Å²) in [5.74, 6) is -3.80. The van der Waals surface area contributed by atoms with Gasteiger partial charge in [0.05, 0.1) is 5.56 Å². The Bertz CT molecular complexity index is 803. The predicted octanol–water partition coefficient (Wildman–Crippen LogP) is 3.57. The van der Waals surface area contributed by atoms with E-state index in [2.05, 4.69) is 27.3 Å². The molecule has 4 nitrogen and oxygen atoms in total. The summed E-state index contributed by atoms with van der Waals surface area (Å²) in [5, 5.41) is 3.34. The number of piperazine rings is 1. The Balaban J connectivity index is 1.60. The molecule has 146 valence electrons. The molecule has 1 saturated heterocycles. The van der Waals surface area contributed by atoms with Crippen molar-refractivity contribution < 1.29 is 17.9 Å². The summed E-state index contributed by atoms with van der Waals surface area (Å²) in [6.07, 6.45) is 5.16. The summed E-state index contributed by atoms with van der Waals surface area (Å²) >= 11 is 0. The summed E-state index contributed by atoms with van der Waals surface area (Å²) < 4.78 is 47.2. The van der Waals surface area contributed by atoms with Gasteiger partial charge in [0.15, 0.2) is 0 Å². The Labute approximate surface area is 159 Å². The van der Waals surface area contributed by atoms with Crippen molar-refractivity contribution >= 4 is 14.9 Å². The average Bonchev–Trinajstić information content (AvgIpc) is 2.76. The Kier molecular flexibility index (Phi) is 4.63. The Morgan fingerprint density at radius 1 is 1.15 bits per heavy atom. The first kappa shape index (κ1) is 18.6. The van der Waals surface area contributed by atoms with Gasteiger partial charge in [-0.05, 0) is 40.8 Å². The average molecular weight is 397 g/mol. The van der Waals surface area contributed by atoms with Gasteiger partial charge >= 0.3 is 11.5 Å². The van der Waals surface area contributed by atoms with E-state index in [0.29, 0.717) is 0 Å². The van der Waals surface area contributed by atoms with Gasteiger partial charge in [0.25, 0.3) is 0 Å². The SMILES string of the molecule is CC1=CC(N2CCNCC2)=CCCN1c1ccc2c(c1)OC(F)(P)C2(F)F. The van der Waals surface area contributed by atoms with Crippen molar-refractivity contribution in [3.05, 3.63) is 47.3 Å². The fourth-order valence-corrected chi connectivity index (χ4v) is 4.06. The number of hydrogen-bond donors (Lipinski definition) is 1. The quantitative estimate of drug-likeness (QED) is 0.773. The molecule has 0 radical (unpaired) electrons. The van der Waals surface area contributed by atoms with E-state index in [1.165, 1.54) is 27.1 Å². The molecule has 2 unspecified atom stereocenters. The highest BCUT2D eigenvalue weighted by Crippen LogP contribution is 2.56. The molecule has 1 fully saturated rings. The summed E-state index contributed by atoms with van der Waals surface area (Å²) in [4.78, 5) is 4.40. The minimum absolute atomic E-state index is 0.109. The Hall–Kier alpha value is -1.72. The van der Waals surface area contributed by atoms with Crippen LogP contribution in [-0.4, -0.2) is 43.2 Å². The van der Waals surface area contributed by atoms with Crippen LogP contribution >= 0.6 is 9.24 Å². The molecule has 3 aliphatic rings. The molecule has 1 aromatic carbocycles. The number of ether oxygens (including phenoxy) is 1. The lowest BCUT2D eigenvalue weighted by molar-refractivity contribution is -0.161. The second kappa shape index (κ2) is 6.71. The molecule has 3 aliphatic heterocycles. The van der Waals surface area contributed by atoms with E-state index in [-0.39, 0.29) is 5.75 Å². The summed E-state index contributed by atoms with van der Waals surface area (Å²) in [5.41, 5.74) is -0.599. The van der Waals surface area contributed by atoms with Gasteiger partial charge in [-0.1, -0.05) is 6.08 Å². The van der Waals surface area contributed by atoms with Crippen molar-refractivity contribution in [3.8, 4) is 5.75 Å². The second-order valence-corrected chi connectivity index (χ2v) is 7.84. The summed E-state index contributed by atoms with van der Waals surface area (Å²) in [6.45, 7) is 6.57. The molecule has 0 bridgehead atoms. The Morgan fingerprint density at radius 3 is 2.63 bits per heavy atom. The molecule has 8 heteroatoms. The van der Waals surface area contributed by atoms with Crippen LogP contribution in [-0.2, 0) is 5.92 Å². The number of hydrogen-bond acceptors (Lipinski definition) is 4. The zero-order valence-electron chi connectivity index (χ0n) is 15.1. The van der Waals surface area contributed by atoms with Crippen molar-refractivity contribution in [1.29, 1.82) is 0 Å². The fraction of sp³-hybridized carbons (Fsp3) is 0.474. The van der Waals surface area contributed by atoms with Crippen LogP contribution in [0.1, 0.15) is 18.9 Å². The second-order valence-electron chi connectivity index (χ2n) is 7.09. The molecular weight excluding hydrogens is 374 g/mol. The van der Waals surface area contributed by atoms with Crippen LogP contribution in [0.3, 0.4) is 0 Å². The van der Waals surface area contributed by atoms with Gasteiger partial charge in [0.2, 0.25) is 0 Å². The lowest BCUT2D eigenvalue weighted by atomic mass is 10.1. The number of allylic oxidation sites excluding steroid dienone is 2. The summed E-state index contributed by atoms with van der Waals surface area (Å²) in [7, 11) is 1.48. The number of nitrogens with zero attached hydrogens (tertiary/aromatic N) is 2. The largest absolute Gasteiger partial charge is 0.449 e. The van der Waals surface area contributed by atoms with Crippen LogP contribution in [0.2, 0.25) is 0 Å². The minimum atomic E-state index is -3.69. The first-order chi connectivity index (χ1) is 12.8. The highest BCUT2D eigenvalue weighted by molar-refractivity contribution is 7.18. The van der Waals surface area contributed by atoms with Gasteiger partial charge in [-0.2, -0.15) is 13.2 Å². The van der Waals surface area contributed by atoms with Crippen LogP contribution in [0, 0.1) is 0 Å². The van der Waals surface area contributed by atoms with E-state index < -0.39 is 17.1 Å². The van der Waals surface area contributed by atoms with Gasteiger partial charge in [-0.25, -0.2) is 0 Å². The zero-order valence-corrected chi connectivity index (χ0v) is 16.3. The highest BCUT2D eigenvalue weighted by Gasteiger charge is 2.61. The van der Waals surface area contributed by atoms with Crippen molar-refractivity contribution in [2.75, 3.05) is 37.6 Å². The molecule has 2 atom stereocenters. The van der Waals surface area contributed by atoms with E-state index in [9.17, 15) is 13.2 Å². The zero-order chi connectivity index (χ0) is 19.2. The number of alkyl halides is 3. The molecule has 1 aromatic rings. The van der Waals surface area contributed by atoms with E-state index >= 15 is 0 Å². The number of rotatable bonds is 2.